The highest BCUT2D eigenvalue weighted by Crippen LogP contribution is 2.23. The third-order valence-corrected chi connectivity index (χ3v) is 5.75. The Labute approximate surface area is 187 Å². The molecule has 2 heterocycles. The third-order valence-electron chi connectivity index (χ3n) is 5.75. The van der Waals surface area contributed by atoms with Gasteiger partial charge in [0.1, 0.15) is 0 Å². The number of carbonyl (C=O) groups excluding carboxylic acids is 2. The van der Waals surface area contributed by atoms with Crippen molar-refractivity contribution in [2.45, 2.75) is 33.6 Å². The number of likely N-dealkylation sites (N-methyl/N-ethyl adjacent to an activating group) is 1. The molecule has 0 saturated heterocycles. The number of hydrogen-bond acceptors (Lipinski definition) is 4. The fourth-order valence-corrected chi connectivity index (χ4v) is 3.90. The molecule has 4 rings (SSSR count). The molecule has 0 atom stereocenters. The lowest BCUT2D eigenvalue weighted by Gasteiger charge is -2.18. The van der Waals surface area contributed by atoms with Crippen LogP contribution in [0.15, 0.2) is 48.5 Å². The zero-order chi connectivity index (χ0) is 22.8. The molecular formula is C25H27N5O2. The lowest BCUT2D eigenvalue weighted by molar-refractivity contribution is -0.133. The third kappa shape index (κ3) is 4.32. The molecule has 0 spiro atoms. The Balaban J connectivity index is 1.42. The van der Waals surface area contributed by atoms with Crippen LogP contribution in [0.4, 0.5) is 5.69 Å². The van der Waals surface area contributed by atoms with E-state index in [2.05, 4.69) is 10.4 Å². The van der Waals surface area contributed by atoms with E-state index in [1.54, 1.807) is 7.05 Å². The molecule has 0 aliphatic rings. The maximum atomic E-state index is 12.7. The van der Waals surface area contributed by atoms with Gasteiger partial charge >= 0.3 is 0 Å². The molecule has 0 bridgehead atoms. The van der Waals surface area contributed by atoms with Gasteiger partial charge in [-0.15, -0.1) is 0 Å². The van der Waals surface area contributed by atoms with Crippen molar-refractivity contribution in [3.8, 4) is 0 Å². The Kier molecular flexibility index (Phi) is 5.90. The second-order valence-electron chi connectivity index (χ2n) is 8.18. The number of carbonyl (C=O) groups is 2. The minimum absolute atomic E-state index is 0.00645. The van der Waals surface area contributed by atoms with Gasteiger partial charge in [-0.2, -0.15) is 5.10 Å². The fourth-order valence-electron chi connectivity index (χ4n) is 3.90. The van der Waals surface area contributed by atoms with Crippen molar-refractivity contribution >= 4 is 34.1 Å². The Bertz CT molecular complexity index is 1310. The zero-order valence-corrected chi connectivity index (χ0v) is 18.8. The highest BCUT2D eigenvalue weighted by atomic mass is 16.2. The Hall–Kier alpha value is -3.74. The van der Waals surface area contributed by atoms with Gasteiger partial charge in [0.25, 0.3) is 0 Å². The number of rotatable bonds is 6. The quantitative estimate of drug-likeness (QED) is 0.505. The van der Waals surface area contributed by atoms with Crippen LogP contribution in [0.2, 0.25) is 0 Å². The van der Waals surface area contributed by atoms with E-state index in [4.69, 9.17) is 4.98 Å². The number of aromatic nitrogens is 3. The summed E-state index contributed by atoms with van der Waals surface area (Å²) in [6.07, 6.45) is 0.837. The Morgan fingerprint density at radius 1 is 1.03 bits per heavy atom. The molecule has 0 unspecified atom stereocenters. The summed E-state index contributed by atoms with van der Waals surface area (Å²) in [6, 6.07) is 15.5. The maximum Gasteiger partial charge on any atom is 0.243 e. The van der Waals surface area contributed by atoms with Crippen LogP contribution >= 0.6 is 0 Å². The monoisotopic (exact) mass is 429 g/mol. The predicted octanol–water partition coefficient (Wildman–Crippen LogP) is 3.84. The van der Waals surface area contributed by atoms with Crippen molar-refractivity contribution in [3.63, 3.8) is 0 Å². The van der Waals surface area contributed by atoms with Crippen molar-refractivity contribution in [2.24, 2.45) is 0 Å². The fraction of sp³-hybridized carbons (Fsp3) is 0.280. The molecule has 164 valence electrons. The summed E-state index contributed by atoms with van der Waals surface area (Å²) in [4.78, 5) is 31.2. The van der Waals surface area contributed by atoms with E-state index in [0.29, 0.717) is 12.8 Å². The number of nitrogens with zero attached hydrogens (tertiary/aromatic N) is 4. The molecule has 0 saturated carbocycles. The smallest absolute Gasteiger partial charge is 0.243 e. The molecule has 7 nitrogen and oxygen atoms in total. The molecule has 1 N–H and O–H groups in total. The van der Waals surface area contributed by atoms with Crippen molar-refractivity contribution < 1.29 is 9.59 Å². The van der Waals surface area contributed by atoms with Gasteiger partial charge in [0.05, 0.1) is 12.1 Å². The molecule has 2 amide bonds. The van der Waals surface area contributed by atoms with Crippen molar-refractivity contribution in [1.82, 2.24) is 19.5 Å². The van der Waals surface area contributed by atoms with E-state index in [0.717, 1.165) is 44.8 Å². The average molecular weight is 430 g/mol. The standard InChI is InChI=1S/C25H27N5O2/c1-16-9-11-19(12-10-16)27-23(31)15-29(4)24(32)14-13-20-17(2)26-25-21-7-5-6-8-22(21)28-30(25)18(20)3/h5-12H,13-15H2,1-4H3,(H,27,31). The van der Waals surface area contributed by atoms with Gasteiger partial charge in [0, 0.05) is 35.9 Å². The largest absolute Gasteiger partial charge is 0.336 e. The molecule has 0 radical (unpaired) electrons. The number of nitrogens with one attached hydrogen (secondary N) is 1. The Morgan fingerprint density at radius 3 is 2.50 bits per heavy atom. The van der Waals surface area contributed by atoms with Crippen molar-refractivity contribution in [3.05, 3.63) is 71.0 Å². The molecule has 0 aliphatic heterocycles. The molecule has 0 fully saturated rings. The van der Waals surface area contributed by atoms with Crippen LogP contribution in [0, 0.1) is 20.8 Å². The first-order chi connectivity index (χ1) is 15.3. The number of amides is 2. The molecule has 4 aromatic rings. The van der Waals surface area contributed by atoms with Crippen LogP contribution in [0.3, 0.4) is 0 Å². The van der Waals surface area contributed by atoms with E-state index in [9.17, 15) is 9.59 Å². The molecule has 7 heteroatoms. The van der Waals surface area contributed by atoms with Crippen molar-refractivity contribution in [1.29, 1.82) is 0 Å². The van der Waals surface area contributed by atoms with Crippen LogP contribution in [0.5, 0.6) is 0 Å². The van der Waals surface area contributed by atoms with Gasteiger partial charge in [-0.25, -0.2) is 9.50 Å². The van der Waals surface area contributed by atoms with E-state index < -0.39 is 0 Å². The van der Waals surface area contributed by atoms with Gasteiger partial charge in [-0.3, -0.25) is 9.59 Å². The number of fused-ring (bicyclic) bond motifs is 3. The SMILES string of the molecule is Cc1ccc(NC(=O)CN(C)C(=O)CCc2c(C)nc3c4ccccc4nn3c2C)cc1. The molecule has 0 aliphatic carbocycles. The maximum absolute atomic E-state index is 12.7. The number of hydrogen-bond donors (Lipinski definition) is 1. The molecule has 32 heavy (non-hydrogen) atoms. The minimum atomic E-state index is -0.219. The molecule has 2 aromatic carbocycles. The van der Waals surface area contributed by atoms with E-state index in [-0.39, 0.29) is 18.4 Å². The summed E-state index contributed by atoms with van der Waals surface area (Å²) in [5, 5.41) is 8.51. The van der Waals surface area contributed by atoms with E-state index in [1.165, 1.54) is 4.90 Å². The van der Waals surface area contributed by atoms with Gasteiger partial charge in [0.15, 0.2) is 5.65 Å². The summed E-state index contributed by atoms with van der Waals surface area (Å²) in [7, 11) is 1.65. The highest BCUT2D eigenvalue weighted by molar-refractivity contribution is 5.94. The second kappa shape index (κ2) is 8.78. The summed E-state index contributed by atoms with van der Waals surface area (Å²) >= 11 is 0. The van der Waals surface area contributed by atoms with E-state index in [1.807, 2.05) is 73.8 Å². The number of aryl methyl sites for hydroxylation is 3. The normalized spacial score (nSPS) is 11.1. The van der Waals surface area contributed by atoms with Crippen LogP contribution in [-0.2, 0) is 16.0 Å². The van der Waals surface area contributed by atoms with Crippen LogP contribution < -0.4 is 5.32 Å². The lowest BCUT2D eigenvalue weighted by Crippen LogP contribution is -2.35. The minimum Gasteiger partial charge on any atom is -0.336 e. The predicted molar refractivity (Wildman–Crippen MR) is 126 cm³/mol. The number of anilines is 1. The summed E-state index contributed by atoms with van der Waals surface area (Å²) in [6.45, 7) is 5.97. The van der Waals surface area contributed by atoms with Crippen LogP contribution in [0.1, 0.15) is 28.9 Å². The first kappa shape index (κ1) is 21.5. The zero-order valence-electron chi connectivity index (χ0n) is 18.8. The summed E-state index contributed by atoms with van der Waals surface area (Å²) in [5.74, 6) is -0.308. The molecule has 2 aromatic heterocycles. The molecular weight excluding hydrogens is 402 g/mol. The lowest BCUT2D eigenvalue weighted by atomic mass is 10.1. The van der Waals surface area contributed by atoms with Crippen molar-refractivity contribution in [2.75, 3.05) is 18.9 Å². The number of benzene rings is 2. The Morgan fingerprint density at radius 2 is 1.75 bits per heavy atom. The first-order valence-electron chi connectivity index (χ1n) is 10.7. The summed E-state index contributed by atoms with van der Waals surface area (Å²) < 4.78 is 1.86. The topological polar surface area (TPSA) is 79.6 Å². The van der Waals surface area contributed by atoms with Gasteiger partial charge in [-0.1, -0.05) is 29.8 Å². The van der Waals surface area contributed by atoms with Crippen LogP contribution in [0.25, 0.3) is 16.6 Å². The average Bonchev–Trinajstić information content (AvgIpc) is 3.14. The van der Waals surface area contributed by atoms with Gasteiger partial charge < -0.3 is 10.2 Å². The van der Waals surface area contributed by atoms with E-state index >= 15 is 0 Å². The van der Waals surface area contributed by atoms with Gasteiger partial charge in [0.2, 0.25) is 11.8 Å². The van der Waals surface area contributed by atoms with Crippen LogP contribution in [-0.4, -0.2) is 44.9 Å². The second-order valence-corrected chi connectivity index (χ2v) is 8.18. The highest BCUT2D eigenvalue weighted by Gasteiger charge is 2.17. The summed E-state index contributed by atoms with van der Waals surface area (Å²) in [5.41, 5.74) is 6.46. The first-order valence-corrected chi connectivity index (χ1v) is 10.7. The van der Waals surface area contributed by atoms with Gasteiger partial charge in [-0.05, 0) is 57.0 Å².